The van der Waals surface area contributed by atoms with Gasteiger partial charge in [0.25, 0.3) is 0 Å². The van der Waals surface area contributed by atoms with Crippen molar-refractivity contribution in [3.8, 4) is 0 Å². The largest absolute Gasteiger partial charge is 0.342 e. The van der Waals surface area contributed by atoms with Crippen LogP contribution in [-0.2, 0) is 20.8 Å². The van der Waals surface area contributed by atoms with Crippen LogP contribution in [0.1, 0.15) is 18.9 Å². The lowest BCUT2D eigenvalue weighted by atomic mass is 10.1. The SMILES string of the molecule is CC(=O)Nc1cccc(NC(=O)[C@H]2CC(=O)N(CCc3ccccc3)C2)c1. The molecule has 1 atom stereocenters. The molecule has 1 saturated heterocycles. The van der Waals surface area contributed by atoms with E-state index < -0.39 is 0 Å². The van der Waals surface area contributed by atoms with E-state index in [9.17, 15) is 14.4 Å². The summed E-state index contributed by atoms with van der Waals surface area (Å²) in [5.41, 5.74) is 2.39. The van der Waals surface area contributed by atoms with Crippen LogP contribution in [0, 0.1) is 5.92 Å². The number of carbonyl (C=O) groups excluding carboxylic acids is 3. The summed E-state index contributed by atoms with van der Waals surface area (Å²) in [5, 5.41) is 5.53. The van der Waals surface area contributed by atoms with E-state index in [1.807, 2.05) is 30.3 Å². The van der Waals surface area contributed by atoms with E-state index in [1.54, 1.807) is 29.2 Å². The average molecular weight is 365 g/mol. The summed E-state index contributed by atoms with van der Waals surface area (Å²) >= 11 is 0. The van der Waals surface area contributed by atoms with E-state index in [0.29, 0.717) is 24.5 Å². The summed E-state index contributed by atoms with van der Waals surface area (Å²) < 4.78 is 0. The van der Waals surface area contributed by atoms with E-state index in [1.165, 1.54) is 12.5 Å². The number of nitrogens with zero attached hydrogens (tertiary/aromatic N) is 1. The van der Waals surface area contributed by atoms with E-state index in [0.717, 1.165) is 6.42 Å². The molecule has 140 valence electrons. The normalized spacial score (nSPS) is 16.3. The summed E-state index contributed by atoms with van der Waals surface area (Å²) in [6.45, 7) is 2.48. The predicted molar refractivity (Wildman–Crippen MR) is 104 cm³/mol. The Hall–Kier alpha value is -3.15. The Balaban J connectivity index is 1.55. The number of anilines is 2. The zero-order chi connectivity index (χ0) is 19.2. The van der Waals surface area contributed by atoms with Gasteiger partial charge in [-0.3, -0.25) is 14.4 Å². The molecule has 0 radical (unpaired) electrons. The van der Waals surface area contributed by atoms with Gasteiger partial charge in [-0.05, 0) is 30.2 Å². The number of likely N-dealkylation sites (tertiary alicyclic amines) is 1. The molecule has 27 heavy (non-hydrogen) atoms. The number of hydrogen-bond acceptors (Lipinski definition) is 3. The molecule has 0 unspecified atom stereocenters. The van der Waals surface area contributed by atoms with Crippen LogP contribution in [0.5, 0.6) is 0 Å². The lowest BCUT2D eigenvalue weighted by Gasteiger charge is -2.16. The third kappa shape index (κ3) is 5.17. The van der Waals surface area contributed by atoms with Crippen molar-refractivity contribution in [2.45, 2.75) is 19.8 Å². The van der Waals surface area contributed by atoms with Gasteiger partial charge in [0, 0.05) is 37.8 Å². The van der Waals surface area contributed by atoms with E-state index in [-0.39, 0.29) is 30.1 Å². The first-order valence-electron chi connectivity index (χ1n) is 9.01. The van der Waals surface area contributed by atoms with Crippen molar-refractivity contribution in [3.63, 3.8) is 0 Å². The summed E-state index contributed by atoms with van der Waals surface area (Å²) in [6.07, 6.45) is 1.01. The van der Waals surface area contributed by atoms with E-state index >= 15 is 0 Å². The van der Waals surface area contributed by atoms with Crippen molar-refractivity contribution in [2.24, 2.45) is 5.92 Å². The van der Waals surface area contributed by atoms with Crippen LogP contribution in [0.2, 0.25) is 0 Å². The molecule has 0 aliphatic carbocycles. The van der Waals surface area contributed by atoms with Gasteiger partial charge in [-0.1, -0.05) is 36.4 Å². The van der Waals surface area contributed by atoms with Gasteiger partial charge < -0.3 is 15.5 Å². The third-order valence-corrected chi connectivity index (χ3v) is 4.55. The smallest absolute Gasteiger partial charge is 0.229 e. The second-order valence-corrected chi connectivity index (χ2v) is 6.73. The van der Waals surface area contributed by atoms with Crippen molar-refractivity contribution in [1.29, 1.82) is 0 Å². The van der Waals surface area contributed by atoms with Crippen molar-refractivity contribution in [2.75, 3.05) is 23.7 Å². The van der Waals surface area contributed by atoms with Gasteiger partial charge in [0.05, 0.1) is 5.92 Å². The number of rotatable bonds is 6. The number of hydrogen-bond donors (Lipinski definition) is 2. The average Bonchev–Trinajstić information content (AvgIpc) is 3.01. The van der Waals surface area contributed by atoms with Crippen LogP contribution in [0.3, 0.4) is 0 Å². The molecule has 2 aromatic rings. The van der Waals surface area contributed by atoms with Crippen LogP contribution in [-0.4, -0.2) is 35.7 Å². The van der Waals surface area contributed by atoms with Crippen LogP contribution < -0.4 is 10.6 Å². The lowest BCUT2D eigenvalue weighted by molar-refractivity contribution is -0.128. The molecule has 1 aliphatic rings. The quantitative estimate of drug-likeness (QED) is 0.826. The molecule has 1 heterocycles. The monoisotopic (exact) mass is 365 g/mol. The minimum Gasteiger partial charge on any atom is -0.342 e. The topological polar surface area (TPSA) is 78.5 Å². The Morgan fingerprint density at radius 3 is 2.44 bits per heavy atom. The lowest BCUT2D eigenvalue weighted by Crippen LogP contribution is -2.30. The van der Waals surface area contributed by atoms with Crippen molar-refractivity contribution < 1.29 is 14.4 Å². The van der Waals surface area contributed by atoms with E-state index in [2.05, 4.69) is 10.6 Å². The van der Waals surface area contributed by atoms with Gasteiger partial charge >= 0.3 is 0 Å². The van der Waals surface area contributed by atoms with E-state index in [4.69, 9.17) is 0 Å². The van der Waals surface area contributed by atoms with Crippen LogP contribution in [0.15, 0.2) is 54.6 Å². The molecule has 0 saturated carbocycles. The highest BCUT2D eigenvalue weighted by Crippen LogP contribution is 2.21. The second-order valence-electron chi connectivity index (χ2n) is 6.73. The van der Waals surface area contributed by atoms with Crippen LogP contribution in [0.25, 0.3) is 0 Å². The predicted octanol–water partition coefficient (Wildman–Crippen LogP) is 2.67. The Kier molecular flexibility index (Phi) is 5.86. The molecule has 0 bridgehead atoms. The fourth-order valence-corrected chi connectivity index (χ4v) is 3.19. The molecule has 2 aromatic carbocycles. The highest BCUT2D eigenvalue weighted by molar-refractivity contribution is 5.98. The minimum atomic E-state index is -0.363. The maximum Gasteiger partial charge on any atom is 0.229 e. The maximum atomic E-state index is 12.5. The minimum absolute atomic E-state index is 0.0121. The third-order valence-electron chi connectivity index (χ3n) is 4.55. The van der Waals surface area contributed by atoms with Gasteiger partial charge in [-0.25, -0.2) is 0 Å². The Morgan fingerprint density at radius 1 is 1.04 bits per heavy atom. The first kappa shape index (κ1) is 18.6. The number of carbonyl (C=O) groups is 3. The first-order chi connectivity index (χ1) is 13.0. The molecule has 6 heteroatoms. The summed E-state index contributed by atoms with van der Waals surface area (Å²) in [6, 6.07) is 17.0. The summed E-state index contributed by atoms with van der Waals surface area (Å²) in [7, 11) is 0. The first-order valence-corrected chi connectivity index (χ1v) is 9.01. The molecular weight excluding hydrogens is 342 g/mol. The fraction of sp³-hybridized carbons (Fsp3) is 0.286. The molecule has 3 amide bonds. The van der Waals surface area contributed by atoms with Gasteiger partial charge in [0.2, 0.25) is 17.7 Å². The molecule has 0 aromatic heterocycles. The van der Waals surface area contributed by atoms with Crippen molar-refractivity contribution >= 4 is 29.1 Å². The zero-order valence-corrected chi connectivity index (χ0v) is 15.3. The summed E-state index contributed by atoms with van der Waals surface area (Å²) in [5.74, 6) is -0.699. The van der Waals surface area contributed by atoms with Crippen molar-refractivity contribution in [3.05, 3.63) is 60.2 Å². The Bertz CT molecular complexity index is 836. The van der Waals surface area contributed by atoms with Gasteiger partial charge in [-0.2, -0.15) is 0 Å². The Labute approximate surface area is 158 Å². The molecular formula is C21H23N3O3. The van der Waals surface area contributed by atoms with Gasteiger partial charge in [0.15, 0.2) is 0 Å². The zero-order valence-electron chi connectivity index (χ0n) is 15.3. The second kappa shape index (κ2) is 8.49. The maximum absolute atomic E-state index is 12.5. The molecule has 1 aliphatic heterocycles. The highest BCUT2D eigenvalue weighted by atomic mass is 16.2. The molecule has 3 rings (SSSR count). The number of amides is 3. The van der Waals surface area contributed by atoms with Crippen LogP contribution in [0.4, 0.5) is 11.4 Å². The van der Waals surface area contributed by atoms with Crippen LogP contribution >= 0.6 is 0 Å². The highest BCUT2D eigenvalue weighted by Gasteiger charge is 2.34. The van der Waals surface area contributed by atoms with Gasteiger partial charge in [0.1, 0.15) is 0 Å². The summed E-state index contributed by atoms with van der Waals surface area (Å²) in [4.78, 5) is 37.7. The fourth-order valence-electron chi connectivity index (χ4n) is 3.19. The standard InChI is InChI=1S/C21H23N3O3/c1-15(25)22-18-8-5-9-19(13-18)23-21(27)17-12-20(26)24(14-17)11-10-16-6-3-2-4-7-16/h2-9,13,17H,10-12,14H2,1H3,(H,22,25)(H,23,27)/t17-/m0/s1. The molecule has 6 nitrogen and oxygen atoms in total. The Morgan fingerprint density at radius 2 is 1.74 bits per heavy atom. The van der Waals surface area contributed by atoms with Crippen molar-refractivity contribution in [1.82, 2.24) is 4.90 Å². The molecule has 0 spiro atoms. The molecule has 2 N–H and O–H groups in total. The number of nitrogens with one attached hydrogen (secondary N) is 2. The molecule has 1 fully saturated rings. The number of benzene rings is 2. The van der Waals surface area contributed by atoms with Gasteiger partial charge in [-0.15, -0.1) is 0 Å².